The van der Waals surface area contributed by atoms with Crippen molar-refractivity contribution in [3.63, 3.8) is 0 Å². The number of benzene rings is 1. The molecule has 0 fully saturated rings. The highest BCUT2D eigenvalue weighted by molar-refractivity contribution is 9.09. The minimum absolute atomic E-state index is 0.0706. The van der Waals surface area contributed by atoms with Gasteiger partial charge < -0.3 is 5.32 Å². The topological polar surface area (TPSA) is 57.8 Å². The summed E-state index contributed by atoms with van der Waals surface area (Å²) in [5.74, 6) is -0.0706. The van der Waals surface area contributed by atoms with Crippen molar-refractivity contribution in [2.75, 3.05) is 10.6 Å². The number of hydrogen-bond acceptors (Lipinski definition) is 2. The molecule has 2 N–H and O–H groups in total. The molecule has 1 amide bonds. The Morgan fingerprint density at radius 2 is 2.43 bits per heavy atom. The number of hydrogen-bond donors (Lipinski definition) is 2. The van der Waals surface area contributed by atoms with Gasteiger partial charge in [-0.2, -0.15) is 5.10 Å². The average molecular weight is 254 g/mol. The zero-order valence-electron chi connectivity index (χ0n) is 7.25. The first-order valence-corrected chi connectivity index (χ1v) is 5.21. The lowest BCUT2D eigenvalue weighted by Gasteiger charge is -2.03. The third-order valence-electron chi connectivity index (χ3n) is 1.88. The number of nitrogens with zero attached hydrogens (tertiary/aromatic N) is 1. The predicted molar refractivity (Wildman–Crippen MR) is 58.5 cm³/mol. The summed E-state index contributed by atoms with van der Waals surface area (Å²) in [5.41, 5.74) is 1.69. The fraction of sp³-hybridized carbons (Fsp3) is 0.111. The minimum Gasteiger partial charge on any atom is -0.325 e. The molecule has 0 aliphatic carbocycles. The number of rotatable bonds is 2. The number of aromatic nitrogens is 2. The number of anilines is 1. The summed E-state index contributed by atoms with van der Waals surface area (Å²) in [7, 11) is 0. The Morgan fingerprint density at radius 1 is 1.57 bits per heavy atom. The Balaban J connectivity index is 2.41. The Morgan fingerprint density at radius 3 is 3.21 bits per heavy atom. The largest absolute Gasteiger partial charge is 0.325 e. The molecule has 72 valence electrons. The van der Waals surface area contributed by atoms with Gasteiger partial charge in [0, 0.05) is 5.39 Å². The number of nitrogens with one attached hydrogen (secondary N) is 2. The number of halogens is 1. The van der Waals surface area contributed by atoms with Crippen molar-refractivity contribution in [2.24, 2.45) is 0 Å². The van der Waals surface area contributed by atoms with E-state index in [0.29, 0.717) is 5.33 Å². The lowest BCUT2D eigenvalue weighted by Crippen LogP contribution is -2.12. The Bertz CT molecular complexity index is 466. The molecular formula is C9H8BrN3O. The van der Waals surface area contributed by atoms with Gasteiger partial charge in [-0.25, -0.2) is 0 Å². The molecule has 0 saturated carbocycles. The monoisotopic (exact) mass is 253 g/mol. The van der Waals surface area contributed by atoms with E-state index in [1.165, 1.54) is 0 Å². The zero-order valence-corrected chi connectivity index (χ0v) is 8.84. The van der Waals surface area contributed by atoms with E-state index >= 15 is 0 Å². The molecule has 1 aromatic carbocycles. The number of alkyl halides is 1. The summed E-state index contributed by atoms with van der Waals surface area (Å²) in [6.07, 6.45) is 1.69. The van der Waals surface area contributed by atoms with Crippen LogP contribution in [0.1, 0.15) is 0 Å². The standard InChI is InChI=1S/C9H8BrN3O/c10-4-9(14)12-7-2-1-3-8-6(7)5-11-13-8/h1-3,5H,4H2,(H,11,13)(H,12,14). The van der Waals surface area contributed by atoms with Crippen LogP contribution >= 0.6 is 15.9 Å². The molecule has 2 aromatic rings. The number of carbonyl (C=O) groups excluding carboxylic acids is 1. The van der Waals surface area contributed by atoms with Crippen LogP contribution in [-0.4, -0.2) is 21.4 Å². The molecule has 2 rings (SSSR count). The molecule has 1 heterocycles. The van der Waals surface area contributed by atoms with Crippen molar-refractivity contribution < 1.29 is 4.79 Å². The molecular weight excluding hydrogens is 246 g/mol. The molecule has 0 atom stereocenters. The molecule has 0 saturated heterocycles. The summed E-state index contributed by atoms with van der Waals surface area (Å²) < 4.78 is 0. The van der Waals surface area contributed by atoms with Crippen LogP contribution in [0, 0.1) is 0 Å². The molecule has 0 unspecified atom stereocenters. The van der Waals surface area contributed by atoms with Crippen molar-refractivity contribution in [3.05, 3.63) is 24.4 Å². The van der Waals surface area contributed by atoms with Crippen molar-refractivity contribution in [3.8, 4) is 0 Å². The molecule has 14 heavy (non-hydrogen) atoms. The van der Waals surface area contributed by atoms with E-state index in [0.717, 1.165) is 16.6 Å². The van der Waals surface area contributed by atoms with E-state index in [4.69, 9.17) is 0 Å². The molecule has 0 radical (unpaired) electrons. The van der Waals surface area contributed by atoms with Crippen LogP contribution in [0.15, 0.2) is 24.4 Å². The van der Waals surface area contributed by atoms with Gasteiger partial charge in [0.1, 0.15) is 0 Å². The average Bonchev–Trinajstić information content (AvgIpc) is 2.66. The summed E-state index contributed by atoms with van der Waals surface area (Å²) in [6.45, 7) is 0. The molecule has 0 aliphatic rings. The summed E-state index contributed by atoms with van der Waals surface area (Å²) in [4.78, 5) is 11.2. The third-order valence-corrected chi connectivity index (χ3v) is 2.39. The van der Waals surface area contributed by atoms with E-state index in [1.807, 2.05) is 18.2 Å². The summed E-state index contributed by atoms with van der Waals surface area (Å²) >= 11 is 3.09. The van der Waals surface area contributed by atoms with E-state index in [9.17, 15) is 4.79 Å². The Kier molecular flexibility index (Phi) is 2.49. The van der Waals surface area contributed by atoms with Gasteiger partial charge in [-0.05, 0) is 12.1 Å². The Labute approximate surface area is 88.8 Å². The SMILES string of the molecule is O=C(CBr)Nc1cccc2[nH]ncc12. The van der Waals surface area contributed by atoms with Gasteiger partial charge in [0.15, 0.2) is 0 Å². The lowest BCUT2D eigenvalue weighted by molar-refractivity contribution is -0.113. The van der Waals surface area contributed by atoms with Crippen LogP contribution in [0.4, 0.5) is 5.69 Å². The highest BCUT2D eigenvalue weighted by Gasteiger charge is 2.04. The maximum Gasteiger partial charge on any atom is 0.235 e. The van der Waals surface area contributed by atoms with Crippen molar-refractivity contribution in [2.45, 2.75) is 0 Å². The van der Waals surface area contributed by atoms with E-state index in [1.54, 1.807) is 6.20 Å². The smallest absolute Gasteiger partial charge is 0.235 e. The highest BCUT2D eigenvalue weighted by Crippen LogP contribution is 2.20. The number of H-pyrrole nitrogens is 1. The second-order valence-corrected chi connectivity index (χ2v) is 3.38. The maximum atomic E-state index is 11.2. The van der Waals surface area contributed by atoms with Gasteiger partial charge in [-0.1, -0.05) is 22.0 Å². The van der Waals surface area contributed by atoms with Crippen LogP contribution in [0.2, 0.25) is 0 Å². The number of amides is 1. The van der Waals surface area contributed by atoms with Crippen molar-refractivity contribution in [1.29, 1.82) is 0 Å². The Hall–Kier alpha value is -1.36. The third kappa shape index (κ3) is 1.63. The van der Waals surface area contributed by atoms with Gasteiger partial charge >= 0.3 is 0 Å². The second-order valence-electron chi connectivity index (χ2n) is 2.82. The molecule has 0 spiro atoms. The molecule has 5 heteroatoms. The highest BCUT2D eigenvalue weighted by atomic mass is 79.9. The second kappa shape index (κ2) is 3.79. The van der Waals surface area contributed by atoms with Crippen LogP contribution in [-0.2, 0) is 4.79 Å². The molecule has 4 nitrogen and oxygen atoms in total. The van der Waals surface area contributed by atoms with Gasteiger partial charge in [0.05, 0.1) is 22.7 Å². The van der Waals surface area contributed by atoms with E-state index in [-0.39, 0.29) is 5.91 Å². The number of aromatic amines is 1. The fourth-order valence-electron chi connectivity index (χ4n) is 1.26. The van der Waals surface area contributed by atoms with Gasteiger partial charge in [0.25, 0.3) is 0 Å². The maximum absolute atomic E-state index is 11.2. The molecule has 0 aliphatic heterocycles. The first kappa shape index (κ1) is 9.21. The van der Waals surface area contributed by atoms with E-state index < -0.39 is 0 Å². The summed E-state index contributed by atoms with van der Waals surface area (Å²) in [6, 6.07) is 5.62. The van der Waals surface area contributed by atoms with Crippen LogP contribution in [0.3, 0.4) is 0 Å². The quantitative estimate of drug-likeness (QED) is 0.804. The first-order valence-electron chi connectivity index (χ1n) is 4.09. The minimum atomic E-state index is -0.0706. The van der Waals surface area contributed by atoms with Crippen LogP contribution in [0.5, 0.6) is 0 Å². The fourth-order valence-corrected chi connectivity index (χ4v) is 1.40. The number of carbonyl (C=O) groups is 1. The van der Waals surface area contributed by atoms with Crippen molar-refractivity contribution >= 4 is 38.4 Å². The van der Waals surface area contributed by atoms with Crippen molar-refractivity contribution in [1.82, 2.24) is 10.2 Å². The zero-order chi connectivity index (χ0) is 9.97. The van der Waals surface area contributed by atoms with Gasteiger partial charge in [0.2, 0.25) is 5.91 Å². The van der Waals surface area contributed by atoms with E-state index in [2.05, 4.69) is 31.4 Å². The summed E-state index contributed by atoms with van der Waals surface area (Å²) in [5, 5.41) is 10.7. The van der Waals surface area contributed by atoms with Gasteiger partial charge in [-0.3, -0.25) is 9.89 Å². The van der Waals surface area contributed by atoms with Crippen LogP contribution in [0.25, 0.3) is 10.9 Å². The molecule has 0 bridgehead atoms. The van der Waals surface area contributed by atoms with Crippen LogP contribution < -0.4 is 5.32 Å². The predicted octanol–water partition coefficient (Wildman–Crippen LogP) is 1.90. The first-order chi connectivity index (χ1) is 6.81. The molecule has 1 aromatic heterocycles. The lowest BCUT2D eigenvalue weighted by atomic mass is 10.2. The number of fused-ring (bicyclic) bond motifs is 1. The van der Waals surface area contributed by atoms with Gasteiger partial charge in [-0.15, -0.1) is 0 Å². The normalized spacial score (nSPS) is 10.4.